The number of rotatable bonds is 5. The summed E-state index contributed by atoms with van der Waals surface area (Å²) in [6.45, 7) is 1.33. The molecule has 1 aliphatic heterocycles. The van der Waals surface area contributed by atoms with Crippen molar-refractivity contribution in [1.29, 1.82) is 0 Å². The standard InChI is InChI=1S/C18H18FN5O2/c1-25-14-5-2-4-12(10-14)16-22-18(26-23-16)21-13-7-9-24(11-13)17-15(19)6-3-8-20-17/h2-6,8,10,13H,7,9,11H2,1H3,(H,21,22,23). The zero-order valence-corrected chi connectivity index (χ0v) is 14.2. The summed E-state index contributed by atoms with van der Waals surface area (Å²) in [5.41, 5.74) is 0.810. The first kappa shape index (κ1) is 16.3. The van der Waals surface area contributed by atoms with E-state index in [1.807, 2.05) is 29.2 Å². The molecule has 0 bridgehead atoms. The van der Waals surface area contributed by atoms with Crippen LogP contribution in [0.5, 0.6) is 5.75 Å². The Morgan fingerprint density at radius 2 is 2.23 bits per heavy atom. The number of methoxy groups -OCH3 is 1. The van der Waals surface area contributed by atoms with Gasteiger partial charge < -0.3 is 19.5 Å². The summed E-state index contributed by atoms with van der Waals surface area (Å²) in [5.74, 6) is 1.27. The summed E-state index contributed by atoms with van der Waals surface area (Å²) >= 11 is 0. The molecule has 8 heteroatoms. The fraction of sp³-hybridized carbons (Fsp3) is 0.278. The van der Waals surface area contributed by atoms with Gasteiger partial charge in [-0.3, -0.25) is 0 Å². The van der Waals surface area contributed by atoms with Gasteiger partial charge in [-0.15, -0.1) is 0 Å². The third-order valence-electron chi connectivity index (χ3n) is 4.31. The van der Waals surface area contributed by atoms with Crippen molar-refractivity contribution >= 4 is 11.8 Å². The predicted octanol–water partition coefficient (Wildman–Crippen LogP) is 2.97. The Labute approximate surface area is 149 Å². The second-order valence-electron chi connectivity index (χ2n) is 6.04. The van der Waals surface area contributed by atoms with E-state index in [1.54, 1.807) is 19.4 Å². The van der Waals surface area contributed by atoms with Crippen molar-refractivity contribution in [2.45, 2.75) is 12.5 Å². The van der Waals surface area contributed by atoms with E-state index in [-0.39, 0.29) is 11.9 Å². The van der Waals surface area contributed by atoms with Gasteiger partial charge in [0.25, 0.3) is 0 Å². The van der Waals surface area contributed by atoms with Crippen molar-refractivity contribution in [3.8, 4) is 17.1 Å². The van der Waals surface area contributed by atoms with Crippen LogP contribution in [0.4, 0.5) is 16.2 Å². The Morgan fingerprint density at radius 3 is 3.08 bits per heavy atom. The molecule has 0 saturated carbocycles. The Balaban J connectivity index is 1.43. The van der Waals surface area contributed by atoms with E-state index in [0.29, 0.717) is 30.7 Å². The minimum atomic E-state index is -0.314. The Hall–Kier alpha value is -3.16. The number of nitrogens with zero attached hydrogens (tertiary/aromatic N) is 4. The van der Waals surface area contributed by atoms with Crippen LogP contribution in [-0.4, -0.2) is 41.4 Å². The van der Waals surface area contributed by atoms with E-state index >= 15 is 0 Å². The maximum atomic E-state index is 13.9. The smallest absolute Gasteiger partial charge is 0.322 e. The number of pyridine rings is 1. The summed E-state index contributed by atoms with van der Waals surface area (Å²) < 4.78 is 24.4. The number of nitrogens with one attached hydrogen (secondary N) is 1. The molecular formula is C18H18FN5O2. The molecule has 2 aromatic heterocycles. The highest BCUT2D eigenvalue weighted by Gasteiger charge is 2.26. The average molecular weight is 355 g/mol. The van der Waals surface area contributed by atoms with Crippen LogP contribution < -0.4 is 15.0 Å². The number of hydrogen-bond acceptors (Lipinski definition) is 7. The van der Waals surface area contributed by atoms with Crippen LogP contribution in [0.2, 0.25) is 0 Å². The fourth-order valence-electron chi connectivity index (χ4n) is 3.02. The lowest BCUT2D eigenvalue weighted by molar-refractivity contribution is 0.414. The minimum Gasteiger partial charge on any atom is -0.497 e. The van der Waals surface area contributed by atoms with Gasteiger partial charge in [0.2, 0.25) is 5.82 Å². The molecule has 1 unspecified atom stereocenters. The third-order valence-corrected chi connectivity index (χ3v) is 4.31. The van der Waals surface area contributed by atoms with Crippen LogP contribution >= 0.6 is 0 Å². The van der Waals surface area contributed by atoms with Crippen molar-refractivity contribution in [3.63, 3.8) is 0 Å². The van der Waals surface area contributed by atoms with Gasteiger partial charge in [-0.25, -0.2) is 9.37 Å². The van der Waals surface area contributed by atoms with Crippen LogP contribution in [0.3, 0.4) is 0 Å². The molecule has 0 spiro atoms. The maximum Gasteiger partial charge on any atom is 0.322 e. The molecule has 3 aromatic rings. The first-order chi connectivity index (χ1) is 12.7. The van der Waals surface area contributed by atoms with Gasteiger partial charge in [0, 0.05) is 30.9 Å². The molecular weight excluding hydrogens is 337 g/mol. The highest BCUT2D eigenvalue weighted by atomic mass is 19.1. The molecule has 1 saturated heterocycles. The second-order valence-corrected chi connectivity index (χ2v) is 6.04. The van der Waals surface area contributed by atoms with E-state index in [1.165, 1.54) is 6.07 Å². The lowest BCUT2D eigenvalue weighted by Crippen LogP contribution is -2.27. The monoisotopic (exact) mass is 355 g/mol. The van der Waals surface area contributed by atoms with E-state index in [4.69, 9.17) is 9.26 Å². The summed E-state index contributed by atoms with van der Waals surface area (Å²) in [5, 5.41) is 7.22. The van der Waals surface area contributed by atoms with E-state index < -0.39 is 0 Å². The molecule has 3 heterocycles. The molecule has 1 fully saturated rings. The lowest BCUT2D eigenvalue weighted by Gasteiger charge is -2.17. The molecule has 1 aromatic carbocycles. The van der Waals surface area contributed by atoms with E-state index in [9.17, 15) is 4.39 Å². The zero-order valence-electron chi connectivity index (χ0n) is 14.2. The van der Waals surface area contributed by atoms with Gasteiger partial charge in [0.05, 0.1) is 7.11 Å². The summed E-state index contributed by atoms with van der Waals surface area (Å²) in [7, 11) is 1.61. The topological polar surface area (TPSA) is 76.3 Å². The summed E-state index contributed by atoms with van der Waals surface area (Å²) in [6.07, 6.45) is 2.42. The van der Waals surface area contributed by atoms with Crippen molar-refractivity contribution in [3.05, 3.63) is 48.4 Å². The number of ether oxygens (including phenoxy) is 1. The van der Waals surface area contributed by atoms with Crippen molar-refractivity contribution in [2.24, 2.45) is 0 Å². The zero-order chi connectivity index (χ0) is 17.9. The molecule has 0 radical (unpaired) electrons. The average Bonchev–Trinajstić information content (AvgIpc) is 3.32. The number of anilines is 2. The summed E-state index contributed by atoms with van der Waals surface area (Å²) in [4.78, 5) is 10.4. The molecule has 134 valence electrons. The van der Waals surface area contributed by atoms with Crippen LogP contribution in [0.1, 0.15) is 6.42 Å². The molecule has 26 heavy (non-hydrogen) atoms. The van der Waals surface area contributed by atoms with Gasteiger partial charge in [-0.05, 0) is 30.7 Å². The van der Waals surface area contributed by atoms with Crippen molar-refractivity contribution < 1.29 is 13.7 Å². The Morgan fingerprint density at radius 1 is 1.31 bits per heavy atom. The maximum absolute atomic E-state index is 13.9. The molecule has 0 aliphatic carbocycles. The van der Waals surface area contributed by atoms with E-state index in [0.717, 1.165) is 17.7 Å². The van der Waals surface area contributed by atoms with Gasteiger partial charge in [-0.2, -0.15) is 4.98 Å². The van der Waals surface area contributed by atoms with Crippen LogP contribution in [0, 0.1) is 5.82 Å². The van der Waals surface area contributed by atoms with Gasteiger partial charge >= 0.3 is 6.01 Å². The molecule has 0 amide bonds. The quantitative estimate of drug-likeness (QED) is 0.754. The molecule has 1 aliphatic rings. The van der Waals surface area contributed by atoms with Crippen LogP contribution in [-0.2, 0) is 0 Å². The number of hydrogen-bond donors (Lipinski definition) is 1. The molecule has 7 nitrogen and oxygen atoms in total. The van der Waals surface area contributed by atoms with Crippen molar-refractivity contribution in [1.82, 2.24) is 15.1 Å². The van der Waals surface area contributed by atoms with Crippen LogP contribution in [0.25, 0.3) is 11.4 Å². The largest absolute Gasteiger partial charge is 0.497 e. The fourth-order valence-corrected chi connectivity index (χ4v) is 3.02. The number of benzene rings is 1. The van der Waals surface area contributed by atoms with Gasteiger partial charge in [0.1, 0.15) is 5.75 Å². The third kappa shape index (κ3) is 3.30. The summed E-state index contributed by atoms with van der Waals surface area (Å²) in [6, 6.07) is 10.9. The second kappa shape index (κ2) is 6.99. The Kier molecular flexibility index (Phi) is 4.39. The number of aromatic nitrogens is 3. The SMILES string of the molecule is COc1cccc(-c2noc(NC3CCN(c4ncccc4F)C3)n2)c1. The van der Waals surface area contributed by atoms with Crippen LogP contribution in [0.15, 0.2) is 47.1 Å². The van der Waals surface area contributed by atoms with E-state index in [2.05, 4.69) is 20.4 Å². The molecule has 1 atom stereocenters. The Bertz CT molecular complexity index is 901. The number of halogens is 1. The minimum absolute atomic E-state index is 0.0787. The highest BCUT2D eigenvalue weighted by Crippen LogP contribution is 2.25. The van der Waals surface area contributed by atoms with Gasteiger partial charge in [0.15, 0.2) is 11.6 Å². The lowest BCUT2D eigenvalue weighted by atomic mass is 10.2. The highest BCUT2D eigenvalue weighted by molar-refractivity contribution is 5.58. The first-order valence-corrected chi connectivity index (χ1v) is 8.33. The first-order valence-electron chi connectivity index (χ1n) is 8.33. The normalized spacial score (nSPS) is 16.7. The molecule has 1 N–H and O–H groups in total. The van der Waals surface area contributed by atoms with Crippen molar-refractivity contribution in [2.75, 3.05) is 30.4 Å². The molecule has 4 rings (SSSR count). The predicted molar refractivity (Wildman–Crippen MR) is 94.7 cm³/mol. The van der Waals surface area contributed by atoms with Gasteiger partial charge in [-0.1, -0.05) is 17.3 Å².